The molecule has 0 radical (unpaired) electrons. The predicted molar refractivity (Wildman–Crippen MR) is 74.2 cm³/mol. The van der Waals surface area contributed by atoms with Crippen LogP contribution in [0.4, 0.5) is 0 Å². The van der Waals surface area contributed by atoms with Gasteiger partial charge in [0.05, 0.1) is 6.42 Å². The van der Waals surface area contributed by atoms with Gasteiger partial charge >= 0.3 is 0 Å². The van der Waals surface area contributed by atoms with Crippen LogP contribution in [-0.4, -0.2) is 22.5 Å². The molecule has 0 aliphatic heterocycles. The monoisotopic (exact) mass is 280 g/mol. The topological polar surface area (TPSA) is 65.2 Å². The molecular formula is C15H24N2O3. The van der Waals surface area contributed by atoms with E-state index in [1.54, 1.807) is 0 Å². The van der Waals surface area contributed by atoms with Crippen molar-refractivity contribution in [2.24, 2.45) is 5.92 Å². The molecule has 1 fully saturated rings. The lowest BCUT2D eigenvalue weighted by Gasteiger charge is -2.23. The van der Waals surface area contributed by atoms with Crippen molar-refractivity contribution in [3.8, 4) is 0 Å². The minimum absolute atomic E-state index is 0.190. The fraction of sp³-hybridized carbons (Fsp3) is 0.800. The number of carbonyl (C=O) groups is 1. The van der Waals surface area contributed by atoms with E-state index in [-0.39, 0.29) is 18.1 Å². The molecule has 1 heterocycles. The Morgan fingerprint density at radius 1 is 1.40 bits per heavy atom. The minimum Gasteiger partial charge on any atom is -0.367 e. The van der Waals surface area contributed by atoms with Gasteiger partial charge in [0, 0.05) is 12.5 Å². The number of hydrogen-bond acceptors (Lipinski definition) is 5. The Balaban J connectivity index is 2.02. The van der Waals surface area contributed by atoms with Crippen molar-refractivity contribution < 1.29 is 14.1 Å². The first-order chi connectivity index (χ1) is 9.59. The van der Waals surface area contributed by atoms with Crippen molar-refractivity contribution in [3.05, 3.63) is 11.7 Å². The summed E-state index contributed by atoms with van der Waals surface area (Å²) in [6.07, 6.45) is 5.34. The van der Waals surface area contributed by atoms with E-state index in [0.29, 0.717) is 18.3 Å². The highest BCUT2D eigenvalue weighted by Gasteiger charge is 2.32. The molecule has 1 aliphatic carbocycles. The third kappa shape index (κ3) is 3.26. The fourth-order valence-corrected chi connectivity index (χ4v) is 2.73. The van der Waals surface area contributed by atoms with Crippen molar-refractivity contribution >= 4 is 5.78 Å². The summed E-state index contributed by atoms with van der Waals surface area (Å²) >= 11 is 0. The van der Waals surface area contributed by atoms with Crippen LogP contribution in [0.15, 0.2) is 4.52 Å². The molecule has 1 aliphatic rings. The Hall–Kier alpha value is -1.23. The van der Waals surface area contributed by atoms with Crippen molar-refractivity contribution in [2.45, 2.75) is 64.9 Å². The van der Waals surface area contributed by atoms with Gasteiger partial charge in [0.25, 0.3) is 0 Å². The Morgan fingerprint density at radius 3 is 2.70 bits per heavy atom. The van der Waals surface area contributed by atoms with Gasteiger partial charge in [-0.2, -0.15) is 4.98 Å². The summed E-state index contributed by atoms with van der Waals surface area (Å²) in [5.74, 6) is 1.37. The molecule has 1 aromatic heterocycles. The molecule has 2 rings (SSSR count). The maximum absolute atomic E-state index is 12.1. The normalized spacial score (nSPS) is 19.1. The summed E-state index contributed by atoms with van der Waals surface area (Å²) in [5, 5.41) is 3.99. The fourth-order valence-electron chi connectivity index (χ4n) is 2.73. The number of carbonyl (C=O) groups excluding carboxylic acids is 1. The van der Waals surface area contributed by atoms with E-state index in [1.165, 1.54) is 0 Å². The van der Waals surface area contributed by atoms with Gasteiger partial charge in [0.2, 0.25) is 11.7 Å². The van der Waals surface area contributed by atoms with Gasteiger partial charge in [-0.25, -0.2) is 0 Å². The second kappa shape index (κ2) is 6.48. The molecule has 1 aromatic rings. The average Bonchev–Trinajstić information content (AvgIpc) is 3.10. The first-order valence-corrected chi connectivity index (χ1v) is 7.58. The zero-order valence-electron chi connectivity index (χ0n) is 12.6. The van der Waals surface area contributed by atoms with Gasteiger partial charge in [-0.3, -0.25) is 4.79 Å². The lowest BCUT2D eigenvalue weighted by atomic mass is 10.00. The molecule has 5 nitrogen and oxygen atoms in total. The summed E-state index contributed by atoms with van der Waals surface area (Å²) in [6, 6.07) is 0. The number of hydrogen-bond donors (Lipinski definition) is 0. The highest BCUT2D eigenvalue weighted by atomic mass is 16.5. The summed E-state index contributed by atoms with van der Waals surface area (Å²) in [7, 11) is 0. The number of ketones is 1. The molecule has 0 bridgehead atoms. The zero-order chi connectivity index (χ0) is 14.6. The molecule has 5 heteroatoms. The van der Waals surface area contributed by atoms with Crippen LogP contribution in [0.5, 0.6) is 0 Å². The maximum atomic E-state index is 12.1. The summed E-state index contributed by atoms with van der Waals surface area (Å²) < 4.78 is 10.9. The quantitative estimate of drug-likeness (QED) is 0.768. The molecule has 1 atom stereocenters. The highest BCUT2D eigenvalue weighted by Crippen LogP contribution is 2.28. The first kappa shape index (κ1) is 15.2. The van der Waals surface area contributed by atoms with Crippen LogP contribution in [0, 0.1) is 5.92 Å². The Bertz CT molecular complexity index is 452. The molecular weight excluding hydrogens is 256 g/mol. The van der Waals surface area contributed by atoms with E-state index >= 15 is 0 Å². The molecule has 1 saturated carbocycles. The first-order valence-electron chi connectivity index (χ1n) is 7.58. The average molecular weight is 280 g/mol. The van der Waals surface area contributed by atoms with Crippen LogP contribution in [0.25, 0.3) is 0 Å². The molecule has 20 heavy (non-hydrogen) atoms. The van der Waals surface area contributed by atoms with Gasteiger partial charge in [-0.15, -0.1) is 0 Å². The van der Waals surface area contributed by atoms with Crippen LogP contribution < -0.4 is 0 Å². The Morgan fingerprint density at radius 2 is 2.10 bits per heavy atom. The zero-order valence-corrected chi connectivity index (χ0v) is 12.6. The third-order valence-electron chi connectivity index (χ3n) is 4.21. The Labute approximate surface area is 120 Å². The van der Waals surface area contributed by atoms with E-state index in [4.69, 9.17) is 9.26 Å². The smallest absolute Gasteiger partial charge is 0.234 e. The number of aromatic nitrogens is 2. The van der Waals surface area contributed by atoms with Gasteiger partial charge in [0.15, 0.2) is 0 Å². The third-order valence-corrected chi connectivity index (χ3v) is 4.21. The second-order valence-electron chi connectivity index (χ2n) is 5.65. The minimum atomic E-state index is -0.535. The van der Waals surface area contributed by atoms with Gasteiger partial charge < -0.3 is 9.26 Å². The standard InChI is InChI=1S/C15H24N2O3/c1-4-15(3,19-5-2)14-16-13(20-17-14)10-12(18)11-8-6-7-9-11/h11H,4-10H2,1-3H3. The summed E-state index contributed by atoms with van der Waals surface area (Å²) in [6.45, 7) is 6.51. The van der Waals surface area contributed by atoms with Crippen molar-refractivity contribution in [3.63, 3.8) is 0 Å². The van der Waals surface area contributed by atoms with E-state index in [2.05, 4.69) is 10.1 Å². The SMILES string of the molecule is CCOC(C)(CC)c1noc(CC(=O)C2CCCC2)n1. The second-order valence-corrected chi connectivity index (χ2v) is 5.65. The van der Waals surface area contributed by atoms with Crippen LogP contribution in [-0.2, 0) is 21.6 Å². The molecule has 0 amide bonds. The lowest BCUT2D eigenvalue weighted by Crippen LogP contribution is -2.26. The van der Waals surface area contributed by atoms with E-state index in [1.807, 2.05) is 20.8 Å². The summed E-state index contributed by atoms with van der Waals surface area (Å²) in [4.78, 5) is 16.5. The number of Topliss-reactive ketones (excluding diaryl/α,β-unsaturated/α-hetero) is 1. The van der Waals surface area contributed by atoms with Crippen molar-refractivity contribution in [1.82, 2.24) is 10.1 Å². The predicted octanol–water partition coefficient (Wildman–Crippen LogP) is 3.03. The van der Waals surface area contributed by atoms with Crippen LogP contribution in [0.3, 0.4) is 0 Å². The molecule has 0 N–H and O–H groups in total. The van der Waals surface area contributed by atoms with E-state index in [0.717, 1.165) is 32.1 Å². The maximum Gasteiger partial charge on any atom is 0.234 e. The van der Waals surface area contributed by atoms with Crippen molar-refractivity contribution in [1.29, 1.82) is 0 Å². The van der Waals surface area contributed by atoms with Crippen LogP contribution in [0.1, 0.15) is 64.6 Å². The number of rotatable bonds is 7. The van der Waals surface area contributed by atoms with Gasteiger partial charge in [-0.05, 0) is 33.1 Å². The molecule has 0 aromatic carbocycles. The Kier molecular flexibility index (Phi) is 4.91. The molecule has 0 saturated heterocycles. The molecule has 1 unspecified atom stereocenters. The number of nitrogens with zero attached hydrogens (tertiary/aromatic N) is 2. The molecule has 0 spiro atoms. The van der Waals surface area contributed by atoms with Crippen molar-refractivity contribution in [2.75, 3.05) is 6.61 Å². The highest BCUT2D eigenvalue weighted by molar-refractivity contribution is 5.82. The van der Waals surface area contributed by atoms with Gasteiger partial charge in [0.1, 0.15) is 11.4 Å². The largest absolute Gasteiger partial charge is 0.367 e. The molecule has 112 valence electrons. The number of ether oxygens (including phenoxy) is 1. The van der Waals surface area contributed by atoms with E-state index < -0.39 is 5.60 Å². The summed E-state index contributed by atoms with van der Waals surface area (Å²) in [5.41, 5.74) is -0.535. The van der Waals surface area contributed by atoms with E-state index in [9.17, 15) is 4.79 Å². The van der Waals surface area contributed by atoms with Crippen LogP contribution >= 0.6 is 0 Å². The van der Waals surface area contributed by atoms with Gasteiger partial charge in [-0.1, -0.05) is 24.9 Å². The van der Waals surface area contributed by atoms with Crippen LogP contribution in [0.2, 0.25) is 0 Å². The lowest BCUT2D eigenvalue weighted by molar-refractivity contribution is -0.122.